The largest absolute Gasteiger partial charge is 0.477 e. The van der Waals surface area contributed by atoms with Crippen molar-refractivity contribution in [2.45, 2.75) is 32.7 Å². The highest BCUT2D eigenvalue weighted by atomic mass is 16.5. The van der Waals surface area contributed by atoms with Crippen molar-refractivity contribution in [2.75, 3.05) is 32.8 Å². The van der Waals surface area contributed by atoms with Gasteiger partial charge in [-0.2, -0.15) is 0 Å². The van der Waals surface area contributed by atoms with Crippen molar-refractivity contribution in [1.82, 2.24) is 20.1 Å². The Hall–Kier alpha value is -3.42. The SMILES string of the molecule is CCOc1ncccc1C(=O)N1CCCN(C(C)=O)C(c2ccccc2)CC(=O)NCC1. The third kappa shape index (κ3) is 5.84. The first kappa shape index (κ1) is 23.2. The first-order valence-electron chi connectivity index (χ1n) is 11.0. The van der Waals surface area contributed by atoms with Crippen LogP contribution in [0.15, 0.2) is 48.7 Å². The molecule has 32 heavy (non-hydrogen) atoms. The number of hydrogen-bond acceptors (Lipinski definition) is 5. The van der Waals surface area contributed by atoms with Gasteiger partial charge in [0, 0.05) is 39.3 Å². The zero-order valence-corrected chi connectivity index (χ0v) is 18.6. The van der Waals surface area contributed by atoms with Gasteiger partial charge in [0.05, 0.1) is 19.1 Å². The van der Waals surface area contributed by atoms with Crippen molar-refractivity contribution >= 4 is 17.7 Å². The van der Waals surface area contributed by atoms with Crippen LogP contribution in [0.1, 0.15) is 48.7 Å². The molecule has 1 N–H and O–H groups in total. The van der Waals surface area contributed by atoms with Gasteiger partial charge in [-0.05, 0) is 31.0 Å². The minimum Gasteiger partial charge on any atom is -0.477 e. The van der Waals surface area contributed by atoms with Gasteiger partial charge in [0.2, 0.25) is 17.7 Å². The molecule has 1 atom stereocenters. The van der Waals surface area contributed by atoms with E-state index in [1.54, 1.807) is 28.1 Å². The van der Waals surface area contributed by atoms with Gasteiger partial charge in [-0.1, -0.05) is 30.3 Å². The fourth-order valence-electron chi connectivity index (χ4n) is 3.92. The molecule has 1 saturated heterocycles. The molecule has 0 spiro atoms. The van der Waals surface area contributed by atoms with Gasteiger partial charge >= 0.3 is 0 Å². The van der Waals surface area contributed by atoms with E-state index in [4.69, 9.17) is 4.74 Å². The number of pyridine rings is 1. The van der Waals surface area contributed by atoms with E-state index in [0.717, 1.165) is 5.56 Å². The Labute approximate surface area is 188 Å². The molecule has 2 aromatic rings. The lowest BCUT2D eigenvalue weighted by molar-refractivity contribution is -0.132. The van der Waals surface area contributed by atoms with Gasteiger partial charge in [0.1, 0.15) is 5.56 Å². The average molecular weight is 439 g/mol. The molecular weight excluding hydrogens is 408 g/mol. The van der Waals surface area contributed by atoms with Crippen LogP contribution < -0.4 is 10.1 Å². The molecule has 0 saturated carbocycles. The highest BCUT2D eigenvalue weighted by molar-refractivity contribution is 5.96. The number of nitrogens with zero attached hydrogens (tertiary/aromatic N) is 3. The van der Waals surface area contributed by atoms with Crippen LogP contribution in [-0.2, 0) is 9.59 Å². The molecule has 0 aliphatic carbocycles. The minimum absolute atomic E-state index is 0.102. The van der Waals surface area contributed by atoms with Crippen LogP contribution in [-0.4, -0.2) is 65.3 Å². The number of rotatable bonds is 4. The van der Waals surface area contributed by atoms with Crippen LogP contribution >= 0.6 is 0 Å². The average Bonchev–Trinajstić information content (AvgIpc) is 2.83. The van der Waals surface area contributed by atoms with E-state index in [-0.39, 0.29) is 30.2 Å². The summed E-state index contributed by atoms with van der Waals surface area (Å²) in [5, 5.41) is 2.90. The van der Waals surface area contributed by atoms with Crippen LogP contribution in [0.25, 0.3) is 0 Å². The van der Waals surface area contributed by atoms with Crippen LogP contribution in [0.3, 0.4) is 0 Å². The van der Waals surface area contributed by atoms with Crippen molar-refractivity contribution in [3.63, 3.8) is 0 Å². The fourth-order valence-corrected chi connectivity index (χ4v) is 3.92. The third-order valence-electron chi connectivity index (χ3n) is 5.44. The van der Waals surface area contributed by atoms with Crippen molar-refractivity contribution < 1.29 is 19.1 Å². The molecule has 3 amide bonds. The number of ether oxygens (including phenoxy) is 1. The maximum Gasteiger partial charge on any atom is 0.259 e. The molecule has 8 nitrogen and oxygen atoms in total. The number of hydrogen-bond donors (Lipinski definition) is 1. The van der Waals surface area contributed by atoms with Crippen LogP contribution in [0.5, 0.6) is 5.88 Å². The molecule has 0 bridgehead atoms. The summed E-state index contributed by atoms with van der Waals surface area (Å²) >= 11 is 0. The number of aromatic nitrogens is 1. The summed E-state index contributed by atoms with van der Waals surface area (Å²) in [5.74, 6) is -0.165. The monoisotopic (exact) mass is 438 g/mol. The fraction of sp³-hybridized carbons (Fsp3) is 0.417. The molecular formula is C24H30N4O4. The summed E-state index contributed by atoms with van der Waals surface area (Å²) in [5.41, 5.74) is 1.31. The predicted octanol–water partition coefficient (Wildman–Crippen LogP) is 2.42. The molecule has 0 radical (unpaired) electrons. The van der Waals surface area contributed by atoms with E-state index < -0.39 is 0 Å². The molecule has 2 heterocycles. The van der Waals surface area contributed by atoms with E-state index >= 15 is 0 Å². The van der Waals surface area contributed by atoms with Gasteiger partial charge in [-0.25, -0.2) is 4.98 Å². The van der Waals surface area contributed by atoms with Crippen LogP contribution in [0.4, 0.5) is 0 Å². The van der Waals surface area contributed by atoms with Crippen LogP contribution in [0, 0.1) is 0 Å². The van der Waals surface area contributed by atoms with Gasteiger partial charge in [-0.15, -0.1) is 0 Å². The summed E-state index contributed by atoms with van der Waals surface area (Å²) < 4.78 is 5.52. The van der Waals surface area contributed by atoms with E-state index in [1.165, 1.54) is 6.92 Å². The van der Waals surface area contributed by atoms with Crippen molar-refractivity contribution in [3.8, 4) is 5.88 Å². The van der Waals surface area contributed by atoms with E-state index in [0.29, 0.717) is 50.7 Å². The zero-order valence-electron chi connectivity index (χ0n) is 18.6. The standard InChI is InChI=1S/C24H30N4O4/c1-3-32-23-20(11-7-12-26-23)24(31)27-14-8-15-28(18(2)29)21(17-22(30)25-13-16-27)19-9-5-4-6-10-19/h4-7,9-12,21H,3,8,13-17H2,1-2H3,(H,25,30). The molecule has 1 unspecified atom stereocenters. The Morgan fingerprint density at radius 2 is 1.91 bits per heavy atom. The Kier molecular flexibility index (Phi) is 8.19. The van der Waals surface area contributed by atoms with Gasteiger partial charge in [0.25, 0.3) is 5.91 Å². The molecule has 1 fully saturated rings. The number of amides is 3. The molecule has 1 aliphatic heterocycles. The molecule has 3 rings (SSSR count). The normalized spacial score (nSPS) is 17.8. The molecule has 8 heteroatoms. The summed E-state index contributed by atoms with van der Waals surface area (Å²) in [6.45, 7) is 5.34. The predicted molar refractivity (Wildman–Crippen MR) is 120 cm³/mol. The Morgan fingerprint density at radius 3 is 2.62 bits per heavy atom. The summed E-state index contributed by atoms with van der Waals surface area (Å²) in [6.07, 6.45) is 2.35. The van der Waals surface area contributed by atoms with Gasteiger partial charge < -0.3 is 19.9 Å². The maximum atomic E-state index is 13.2. The second-order valence-electron chi connectivity index (χ2n) is 7.63. The number of nitrogens with one attached hydrogen (secondary N) is 1. The Morgan fingerprint density at radius 1 is 1.12 bits per heavy atom. The van der Waals surface area contributed by atoms with Gasteiger partial charge in [-0.3, -0.25) is 14.4 Å². The highest BCUT2D eigenvalue weighted by Crippen LogP contribution is 2.25. The summed E-state index contributed by atoms with van der Waals surface area (Å²) in [6, 6.07) is 12.6. The molecule has 1 aromatic carbocycles. The van der Waals surface area contributed by atoms with E-state index in [1.807, 2.05) is 37.3 Å². The number of carbonyl (C=O) groups excluding carboxylic acids is 3. The molecule has 1 aliphatic rings. The molecule has 170 valence electrons. The number of carbonyl (C=O) groups is 3. The lowest BCUT2D eigenvalue weighted by Crippen LogP contribution is -2.39. The second kappa shape index (κ2) is 11.3. The first-order valence-corrected chi connectivity index (χ1v) is 11.0. The summed E-state index contributed by atoms with van der Waals surface area (Å²) in [4.78, 5) is 46.0. The first-order chi connectivity index (χ1) is 15.5. The Bertz CT molecular complexity index is 935. The lowest BCUT2D eigenvalue weighted by Gasteiger charge is -2.31. The van der Waals surface area contributed by atoms with E-state index in [2.05, 4.69) is 10.3 Å². The van der Waals surface area contributed by atoms with Crippen LogP contribution in [0.2, 0.25) is 0 Å². The van der Waals surface area contributed by atoms with Gasteiger partial charge in [0.15, 0.2) is 0 Å². The topological polar surface area (TPSA) is 91.8 Å². The van der Waals surface area contributed by atoms with Crippen molar-refractivity contribution in [2.24, 2.45) is 0 Å². The third-order valence-corrected chi connectivity index (χ3v) is 5.44. The van der Waals surface area contributed by atoms with Crippen molar-refractivity contribution in [1.29, 1.82) is 0 Å². The number of benzene rings is 1. The van der Waals surface area contributed by atoms with E-state index in [9.17, 15) is 14.4 Å². The second-order valence-corrected chi connectivity index (χ2v) is 7.63. The lowest BCUT2D eigenvalue weighted by atomic mass is 10.0. The molecule has 1 aromatic heterocycles. The zero-order chi connectivity index (χ0) is 22.9. The highest BCUT2D eigenvalue weighted by Gasteiger charge is 2.27. The Balaban J connectivity index is 1.82. The maximum absolute atomic E-state index is 13.2. The smallest absolute Gasteiger partial charge is 0.259 e. The van der Waals surface area contributed by atoms with Crippen molar-refractivity contribution in [3.05, 3.63) is 59.8 Å². The quantitative estimate of drug-likeness (QED) is 0.792. The minimum atomic E-state index is -0.348. The summed E-state index contributed by atoms with van der Waals surface area (Å²) in [7, 11) is 0.